The van der Waals surface area contributed by atoms with Crippen LogP contribution in [-0.4, -0.2) is 33.0 Å². The Morgan fingerprint density at radius 2 is 2.00 bits per heavy atom. The van der Waals surface area contributed by atoms with Gasteiger partial charge in [-0.05, 0) is 42.6 Å². The summed E-state index contributed by atoms with van der Waals surface area (Å²) in [7, 11) is 0. The molecule has 3 rings (SSSR count). The van der Waals surface area contributed by atoms with Crippen LogP contribution in [0.1, 0.15) is 19.3 Å². The van der Waals surface area contributed by atoms with Gasteiger partial charge in [-0.2, -0.15) is 15.0 Å². The standard InChI is InChI=1S/C11H12ClN5S2/c12-8-14-9(17-5-2-1-3-6-17)16-10(15-8)19-11-13-4-7-18-11/h4,7H,1-3,5-6H2. The van der Waals surface area contributed by atoms with Gasteiger partial charge in [0.25, 0.3) is 0 Å². The fraction of sp³-hybridized carbons (Fsp3) is 0.455. The second-order valence-corrected chi connectivity index (χ2v) is 6.58. The van der Waals surface area contributed by atoms with E-state index in [1.54, 1.807) is 17.5 Å². The molecule has 0 saturated carbocycles. The third kappa shape index (κ3) is 3.34. The lowest BCUT2D eigenvalue weighted by atomic mass is 10.1. The van der Waals surface area contributed by atoms with Gasteiger partial charge in [-0.25, -0.2) is 4.98 Å². The van der Waals surface area contributed by atoms with Crippen LogP contribution in [0.25, 0.3) is 0 Å². The molecular weight excluding hydrogens is 302 g/mol. The SMILES string of the molecule is Clc1nc(Sc2nccs2)nc(N2CCCCC2)n1. The van der Waals surface area contributed by atoms with E-state index in [9.17, 15) is 0 Å². The van der Waals surface area contributed by atoms with Gasteiger partial charge in [-0.3, -0.25) is 0 Å². The summed E-state index contributed by atoms with van der Waals surface area (Å²) in [6, 6.07) is 0. The molecule has 0 N–H and O–H groups in total. The van der Waals surface area contributed by atoms with E-state index >= 15 is 0 Å². The quantitative estimate of drug-likeness (QED) is 0.867. The molecule has 2 aromatic heterocycles. The zero-order valence-corrected chi connectivity index (χ0v) is 12.5. The summed E-state index contributed by atoms with van der Waals surface area (Å²) >= 11 is 8.97. The lowest BCUT2D eigenvalue weighted by Gasteiger charge is -2.26. The Balaban J connectivity index is 1.82. The molecule has 8 heteroatoms. The van der Waals surface area contributed by atoms with E-state index in [2.05, 4.69) is 24.8 Å². The van der Waals surface area contributed by atoms with E-state index in [0.717, 1.165) is 17.4 Å². The van der Waals surface area contributed by atoms with E-state index in [-0.39, 0.29) is 5.28 Å². The number of piperidine rings is 1. The minimum Gasteiger partial charge on any atom is -0.341 e. The number of nitrogens with zero attached hydrogens (tertiary/aromatic N) is 5. The summed E-state index contributed by atoms with van der Waals surface area (Å²) in [4.78, 5) is 19.2. The maximum Gasteiger partial charge on any atom is 0.230 e. The van der Waals surface area contributed by atoms with E-state index in [1.807, 2.05) is 5.38 Å². The largest absolute Gasteiger partial charge is 0.341 e. The Labute approximate surface area is 124 Å². The van der Waals surface area contributed by atoms with Crippen molar-refractivity contribution in [2.24, 2.45) is 0 Å². The Morgan fingerprint density at radius 3 is 2.74 bits per heavy atom. The van der Waals surface area contributed by atoms with Crippen molar-refractivity contribution in [2.45, 2.75) is 28.8 Å². The monoisotopic (exact) mass is 313 g/mol. The van der Waals surface area contributed by atoms with Crippen molar-refractivity contribution in [1.29, 1.82) is 0 Å². The average molecular weight is 314 g/mol. The molecule has 1 saturated heterocycles. The Morgan fingerprint density at radius 1 is 1.16 bits per heavy atom. The molecule has 0 bridgehead atoms. The van der Waals surface area contributed by atoms with Gasteiger partial charge in [0.05, 0.1) is 0 Å². The lowest BCUT2D eigenvalue weighted by Crippen LogP contribution is -2.31. The van der Waals surface area contributed by atoms with Crippen LogP contribution < -0.4 is 4.90 Å². The van der Waals surface area contributed by atoms with Gasteiger partial charge in [0.15, 0.2) is 4.34 Å². The van der Waals surface area contributed by atoms with Crippen LogP contribution in [0.5, 0.6) is 0 Å². The van der Waals surface area contributed by atoms with Crippen LogP contribution in [0, 0.1) is 0 Å². The number of halogens is 1. The van der Waals surface area contributed by atoms with E-state index in [4.69, 9.17) is 11.6 Å². The van der Waals surface area contributed by atoms with Gasteiger partial charge in [0, 0.05) is 24.7 Å². The predicted octanol–water partition coefficient (Wildman–Crippen LogP) is 3.12. The first kappa shape index (κ1) is 13.1. The first-order valence-corrected chi connectivity index (χ1v) is 8.12. The second-order valence-electron chi connectivity index (χ2n) is 4.13. The fourth-order valence-corrected chi connectivity index (χ4v) is 3.62. The van der Waals surface area contributed by atoms with Crippen LogP contribution in [0.4, 0.5) is 5.95 Å². The number of aromatic nitrogens is 4. The molecular formula is C11H12ClN5S2. The van der Waals surface area contributed by atoms with Gasteiger partial charge in [0.1, 0.15) is 0 Å². The summed E-state index contributed by atoms with van der Waals surface area (Å²) < 4.78 is 0.909. The van der Waals surface area contributed by atoms with E-state index < -0.39 is 0 Å². The number of rotatable bonds is 3. The molecule has 0 aliphatic carbocycles. The molecule has 0 aromatic carbocycles. The molecule has 0 radical (unpaired) electrons. The van der Waals surface area contributed by atoms with Gasteiger partial charge in [-0.15, -0.1) is 11.3 Å². The summed E-state index contributed by atoms with van der Waals surface area (Å²) in [6.45, 7) is 1.98. The topological polar surface area (TPSA) is 54.8 Å². The Bertz CT molecular complexity index is 542. The molecule has 1 fully saturated rings. The smallest absolute Gasteiger partial charge is 0.230 e. The molecule has 1 aliphatic rings. The first-order valence-electron chi connectivity index (χ1n) is 6.05. The van der Waals surface area contributed by atoms with Gasteiger partial charge in [0.2, 0.25) is 16.4 Å². The predicted molar refractivity (Wildman–Crippen MR) is 77.1 cm³/mol. The van der Waals surface area contributed by atoms with Crippen LogP contribution in [0.2, 0.25) is 5.28 Å². The number of thiazole rings is 1. The first-order chi connectivity index (χ1) is 9.31. The van der Waals surface area contributed by atoms with Crippen molar-refractivity contribution in [1.82, 2.24) is 19.9 Å². The highest BCUT2D eigenvalue weighted by Gasteiger charge is 2.16. The van der Waals surface area contributed by atoms with Crippen LogP contribution in [-0.2, 0) is 0 Å². The number of anilines is 1. The molecule has 2 aromatic rings. The average Bonchev–Trinajstić information content (AvgIpc) is 2.92. The highest BCUT2D eigenvalue weighted by atomic mass is 35.5. The molecule has 19 heavy (non-hydrogen) atoms. The van der Waals surface area contributed by atoms with Crippen molar-refractivity contribution in [3.05, 3.63) is 16.9 Å². The minimum atomic E-state index is 0.245. The highest BCUT2D eigenvalue weighted by molar-refractivity contribution is 8.00. The molecule has 3 heterocycles. The van der Waals surface area contributed by atoms with Gasteiger partial charge in [-0.1, -0.05) is 0 Å². The maximum atomic E-state index is 5.99. The van der Waals surface area contributed by atoms with E-state index in [1.165, 1.54) is 31.0 Å². The Kier molecular flexibility index (Phi) is 4.15. The normalized spacial score (nSPS) is 15.7. The summed E-state index contributed by atoms with van der Waals surface area (Å²) in [5, 5.41) is 2.78. The molecule has 0 spiro atoms. The minimum absolute atomic E-state index is 0.245. The second kappa shape index (κ2) is 6.02. The number of hydrogen-bond donors (Lipinski definition) is 0. The lowest BCUT2D eigenvalue weighted by molar-refractivity contribution is 0.564. The van der Waals surface area contributed by atoms with Crippen LogP contribution >= 0.6 is 34.7 Å². The van der Waals surface area contributed by atoms with Gasteiger partial charge >= 0.3 is 0 Å². The van der Waals surface area contributed by atoms with Crippen molar-refractivity contribution in [2.75, 3.05) is 18.0 Å². The zero-order chi connectivity index (χ0) is 13.1. The van der Waals surface area contributed by atoms with Crippen LogP contribution in [0.15, 0.2) is 21.1 Å². The van der Waals surface area contributed by atoms with Crippen molar-refractivity contribution in [3.8, 4) is 0 Å². The maximum absolute atomic E-state index is 5.99. The fourth-order valence-electron chi connectivity index (χ4n) is 1.94. The van der Waals surface area contributed by atoms with Crippen LogP contribution in [0.3, 0.4) is 0 Å². The molecule has 0 unspecified atom stereocenters. The van der Waals surface area contributed by atoms with Crippen molar-refractivity contribution in [3.63, 3.8) is 0 Å². The van der Waals surface area contributed by atoms with Crippen molar-refractivity contribution < 1.29 is 0 Å². The molecule has 100 valence electrons. The molecule has 0 atom stereocenters. The van der Waals surface area contributed by atoms with E-state index in [0.29, 0.717) is 11.1 Å². The summed E-state index contributed by atoms with van der Waals surface area (Å²) in [5.41, 5.74) is 0. The molecule has 1 aliphatic heterocycles. The summed E-state index contributed by atoms with van der Waals surface area (Å²) in [5.74, 6) is 0.679. The van der Waals surface area contributed by atoms with Crippen molar-refractivity contribution >= 4 is 40.6 Å². The highest BCUT2D eigenvalue weighted by Crippen LogP contribution is 2.28. The van der Waals surface area contributed by atoms with Gasteiger partial charge < -0.3 is 4.90 Å². The zero-order valence-electron chi connectivity index (χ0n) is 10.1. The Hall–Kier alpha value is -0.920. The third-order valence-electron chi connectivity index (χ3n) is 2.80. The third-order valence-corrected chi connectivity index (χ3v) is 4.72. The summed E-state index contributed by atoms with van der Waals surface area (Å²) in [6.07, 6.45) is 5.40. The molecule has 0 amide bonds. The molecule has 5 nitrogen and oxygen atoms in total. The number of hydrogen-bond acceptors (Lipinski definition) is 7.